The highest BCUT2D eigenvalue weighted by molar-refractivity contribution is 6.12. The number of amides is 1. The molecule has 1 amide bonds. The van der Waals surface area contributed by atoms with Crippen molar-refractivity contribution in [3.8, 4) is 11.1 Å². The minimum absolute atomic E-state index is 0.189. The number of aliphatic hydroxyl groups excluding tert-OH is 1. The van der Waals surface area contributed by atoms with E-state index in [0.717, 1.165) is 22.2 Å². The van der Waals surface area contributed by atoms with Gasteiger partial charge in [-0.25, -0.2) is 4.39 Å². The lowest BCUT2D eigenvalue weighted by Gasteiger charge is -2.10. The summed E-state index contributed by atoms with van der Waals surface area (Å²) in [4.78, 5) is 17.6. The number of hydrogen-bond acceptors (Lipinski definition) is 4. The summed E-state index contributed by atoms with van der Waals surface area (Å²) in [5.74, 6) is -0.686. The quantitative estimate of drug-likeness (QED) is 0.378. The molecule has 0 atom stereocenters. The smallest absolute Gasteiger partial charge is 0.259 e. The lowest BCUT2D eigenvalue weighted by Crippen LogP contribution is -2.13. The molecule has 176 valence electrons. The standard InChI is InChI=1S/C27H24FN5O2/c1-17-5-8-24(20(10-17)16-34)31-27(35)22-15-33(25-4-3-9-29-26(22)25)14-19-7-6-18(11-23(19)28)21-12-30-32(2)13-21/h3-13,15,34H,14,16H2,1-2H3,(H,31,35). The maximum absolute atomic E-state index is 15.0. The fourth-order valence-electron chi connectivity index (χ4n) is 4.19. The van der Waals surface area contributed by atoms with Crippen molar-refractivity contribution in [1.82, 2.24) is 19.3 Å². The lowest BCUT2D eigenvalue weighted by molar-refractivity contribution is 0.102. The van der Waals surface area contributed by atoms with Crippen LogP contribution in [-0.2, 0) is 20.2 Å². The molecule has 0 radical (unpaired) electrons. The average Bonchev–Trinajstić information content (AvgIpc) is 3.45. The number of hydrogen-bond donors (Lipinski definition) is 2. The highest BCUT2D eigenvalue weighted by atomic mass is 19.1. The number of benzene rings is 2. The second-order valence-electron chi connectivity index (χ2n) is 8.52. The van der Waals surface area contributed by atoms with Gasteiger partial charge in [-0.3, -0.25) is 14.5 Å². The molecular formula is C27H24FN5O2. The zero-order chi connectivity index (χ0) is 24.5. The normalized spacial score (nSPS) is 11.2. The highest BCUT2D eigenvalue weighted by Gasteiger charge is 2.18. The van der Waals surface area contributed by atoms with E-state index in [0.29, 0.717) is 27.9 Å². The number of fused-ring (bicyclic) bond motifs is 1. The lowest BCUT2D eigenvalue weighted by atomic mass is 10.1. The van der Waals surface area contributed by atoms with Gasteiger partial charge in [-0.05, 0) is 36.8 Å². The van der Waals surface area contributed by atoms with Gasteiger partial charge in [0.2, 0.25) is 0 Å². The molecule has 0 saturated heterocycles. The third kappa shape index (κ3) is 4.43. The second-order valence-corrected chi connectivity index (χ2v) is 8.52. The molecule has 3 aromatic heterocycles. The van der Waals surface area contributed by atoms with Crippen molar-refractivity contribution in [2.75, 3.05) is 5.32 Å². The third-order valence-corrected chi connectivity index (χ3v) is 5.99. The van der Waals surface area contributed by atoms with Gasteiger partial charge in [-0.2, -0.15) is 5.10 Å². The Kier molecular flexibility index (Phi) is 5.88. The summed E-state index contributed by atoms with van der Waals surface area (Å²) in [6.07, 6.45) is 6.84. The number of pyridine rings is 1. The largest absolute Gasteiger partial charge is 0.392 e. The van der Waals surface area contributed by atoms with Crippen LogP contribution in [0.15, 0.2) is 73.3 Å². The number of carbonyl (C=O) groups is 1. The van der Waals surface area contributed by atoms with Gasteiger partial charge < -0.3 is 15.0 Å². The van der Waals surface area contributed by atoms with E-state index in [1.165, 1.54) is 6.07 Å². The van der Waals surface area contributed by atoms with E-state index in [4.69, 9.17) is 0 Å². The van der Waals surface area contributed by atoms with Gasteiger partial charge in [0.1, 0.15) is 11.3 Å². The number of aromatic nitrogens is 4. The topological polar surface area (TPSA) is 85.0 Å². The molecule has 35 heavy (non-hydrogen) atoms. The number of anilines is 1. The van der Waals surface area contributed by atoms with Gasteiger partial charge in [-0.15, -0.1) is 0 Å². The number of nitrogens with zero attached hydrogens (tertiary/aromatic N) is 4. The zero-order valence-corrected chi connectivity index (χ0v) is 19.4. The molecule has 0 fully saturated rings. The molecule has 0 bridgehead atoms. The number of nitrogens with one attached hydrogen (secondary N) is 1. The first-order valence-electron chi connectivity index (χ1n) is 11.2. The van der Waals surface area contributed by atoms with E-state index >= 15 is 4.39 Å². The first kappa shape index (κ1) is 22.5. The predicted octanol–water partition coefficient (Wildman–Crippen LogP) is 4.68. The van der Waals surface area contributed by atoms with E-state index < -0.39 is 0 Å². The fraction of sp³-hybridized carbons (Fsp3) is 0.148. The molecule has 2 N–H and O–H groups in total. The van der Waals surface area contributed by atoms with Gasteiger partial charge in [0.15, 0.2) is 0 Å². The van der Waals surface area contributed by atoms with Crippen LogP contribution in [0.2, 0.25) is 0 Å². The first-order valence-corrected chi connectivity index (χ1v) is 11.2. The van der Waals surface area contributed by atoms with Crippen molar-refractivity contribution in [1.29, 1.82) is 0 Å². The summed E-state index contributed by atoms with van der Waals surface area (Å²) in [7, 11) is 1.82. The number of carbonyl (C=O) groups excluding carboxylic acids is 1. The van der Waals surface area contributed by atoms with Crippen molar-refractivity contribution in [3.63, 3.8) is 0 Å². The summed E-state index contributed by atoms with van der Waals surface area (Å²) in [5.41, 5.74) is 5.85. The van der Waals surface area contributed by atoms with Crippen LogP contribution in [0.5, 0.6) is 0 Å². The molecule has 7 nitrogen and oxygen atoms in total. The summed E-state index contributed by atoms with van der Waals surface area (Å²) in [6, 6.07) is 14.2. The van der Waals surface area contributed by atoms with Crippen LogP contribution in [0.4, 0.5) is 10.1 Å². The first-order chi connectivity index (χ1) is 16.9. The number of aryl methyl sites for hydroxylation is 2. The Morgan fingerprint density at radius 2 is 1.94 bits per heavy atom. The van der Waals surface area contributed by atoms with Crippen LogP contribution in [-0.4, -0.2) is 30.3 Å². The molecule has 0 aliphatic rings. The van der Waals surface area contributed by atoms with Crippen LogP contribution >= 0.6 is 0 Å². The Labute approximate surface area is 201 Å². The molecule has 5 rings (SSSR count). The fourth-order valence-corrected chi connectivity index (χ4v) is 4.19. The molecule has 5 aromatic rings. The van der Waals surface area contributed by atoms with Crippen molar-refractivity contribution < 1.29 is 14.3 Å². The highest BCUT2D eigenvalue weighted by Crippen LogP contribution is 2.26. The van der Waals surface area contributed by atoms with E-state index in [9.17, 15) is 9.90 Å². The van der Waals surface area contributed by atoms with Crippen molar-refractivity contribution >= 4 is 22.6 Å². The van der Waals surface area contributed by atoms with Crippen molar-refractivity contribution in [2.45, 2.75) is 20.1 Å². The van der Waals surface area contributed by atoms with Gasteiger partial charge >= 0.3 is 0 Å². The average molecular weight is 470 g/mol. The number of aliphatic hydroxyl groups is 1. The molecule has 2 aromatic carbocycles. The Balaban J connectivity index is 1.46. The van der Waals surface area contributed by atoms with E-state index in [1.54, 1.807) is 41.5 Å². The SMILES string of the molecule is Cc1ccc(NC(=O)c2cn(Cc3ccc(-c4cnn(C)c4)cc3F)c3cccnc23)c(CO)c1. The van der Waals surface area contributed by atoms with Crippen LogP contribution in [0.1, 0.15) is 27.0 Å². The molecule has 0 unspecified atom stereocenters. The molecular weight excluding hydrogens is 445 g/mol. The van der Waals surface area contributed by atoms with Gasteiger partial charge in [0.05, 0.1) is 30.4 Å². The van der Waals surface area contributed by atoms with E-state index in [2.05, 4.69) is 15.4 Å². The van der Waals surface area contributed by atoms with Crippen LogP contribution in [0.25, 0.3) is 22.2 Å². The zero-order valence-electron chi connectivity index (χ0n) is 19.4. The minimum atomic E-state index is -0.349. The molecule has 0 saturated carbocycles. The summed E-state index contributed by atoms with van der Waals surface area (Å²) >= 11 is 0. The van der Waals surface area contributed by atoms with Crippen molar-refractivity contribution in [3.05, 3.63) is 101 Å². The van der Waals surface area contributed by atoms with Crippen LogP contribution in [0.3, 0.4) is 0 Å². The summed E-state index contributed by atoms with van der Waals surface area (Å²) in [5, 5.41) is 16.7. The Morgan fingerprint density at radius 1 is 1.09 bits per heavy atom. The Hall–Kier alpha value is -4.30. The molecule has 3 heterocycles. The number of halogens is 1. The van der Waals surface area contributed by atoms with Crippen molar-refractivity contribution in [2.24, 2.45) is 7.05 Å². The predicted molar refractivity (Wildman–Crippen MR) is 132 cm³/mol. The van der Waals surface area contributed by atoms with Crippen LogP contribution in [0, 0.1) is 12.7 Å². The molecule has 0 aliphatic heterocycles. The van der Waals surface area contributed by atoms with Crippen LogP contribution < -0.4 is 5.32 Å². The monoisotopic (exact) mass is 469 g/mol. The van der Waals surface area contributed by atoms with Gasteiger partial charge in [0.25, 0.3) is 5.91 Å². The maximum Gasteiger partial charge on any atom is 0.259 e. The summed E-state index contributed by atoms with van der Waals surface area (Å²) in [6.45, 7) is 1.97. The minimum Gasteiger partial charge on any atom is -0.392 e. The Morgan fingerprint density at radius 3 is 2.69 bits per heavy atom. The third-order valence-electron chi connectivity index (χ3n) is 5.99. The molecule has 8 heteroatoms. The summed E-state index contributed by atoms with van der Waals surface area (Å²) < 4.78 is 18.5. The molecule has 0 aliphatic carbocycles. The second kappa shape index (κ2) is 9.15. The van der Waals surface area contributed by atoms with E-state index in [1.807, 2.05) is 49.0 Å². The number of rotatable bonds is 6. The maximum atomic E-state index is 15.0. The molecule has 0 spiro atoms. The van der Waals surface area contributed by atoms with Gasteiger partial charge in [-0.1, -0.05) is 29.8 Å². The van der Waals surface area contributed by atoms with E-state index in [-0.39, 0.29) is 24.9 Å². The Bertz CT molecular complexity index is 1550. The van der Waals surface area contributed by atoms with Gasteiger partial charge in [0, 0.05) is 48.0 Å².